The van der Waals surface area contributed by atoms with Gasteiger partial charge in [0.15, 0.2) is 5.78 Å². The van der Waals surface area contributed by atoms with E-state index in [9.17, 15) is 14.9 Å². The molecule has 7 heteroatoms. The zero-order valence-electron chi connectivity index (χ0n) is 26.5. The second-order valence-corrected chi connectivity index (χ2v) is 14.4. The third-order valence-electron chi connectivity index (χ3n) is 10.6. The van der Waals surface area contributed by atoms with Gasteiger partial charge in [-0.25, -0.2) is 0 Å². The molecule has 44 heavy (non-hydrogen) atoms. The molecule has 3 heterocycles. The lowest BCUT2D eigenvalue weighted by Crippen LogP contribution is -2.41. The van der Waals surface area contributed by atoms with Gasteiger partial charge in [0.05, 0.1) is 11.0 Å². The summed E-state index contributed by atoms with van der Waals surface area (Å²) in [4.78, 5) is 31.5. The Balaban J connectivity index is 1.49. The maximum absolute atomic E-state index is 14.2. The lowest BCUT2D eigenvalue weighted by Gasteiger charge is -2.43. The van der Waals surface area contributed by atoms with E-state index in [0.717, 1.165) is 96.0 Å². The fraction of sp³-hybridized carbons (Fsp3) is 0.486. The molecule has 2 fully saturated rings. The average Bonchev–Trinajstić information content (AvgIpc) is 2.99. The number of hydrogen-bond donors (Lipinski definition) is 1. The van der Waals surface area contributed by atoms with Crippen LogP contribution in [0.1, 0.15) is 96.2 Å². The van der Waals surface area contributed by atoms with Gasteiger partial charge in [-0.15, -0.1) is 0 Å². The lowest BCUT2D eigenvalue weighted by molar-refractivity contribution is -0.384. The molecule has 0 saturated carbocycles. The Bertz CT molecular complexity index is 1690. The second-order valence-electron chi connectivity index (χ2n) is 14.4. The zero-order valence-corrected chi connectivity index (χ0v) is 26.5. The zero-order chi connectivity index (χ0) is 30.7. The first-order chi connectivity index (χ1) is 21.1. The highest BCUT2D eigenvalue weighted by molar-refractivity contribution is 6.13. The van der Waals surface area contributed by atoms with Crippen molar-refractivity contribution < 1.29 is 9.72 Å². The first kappa shape index (κ1) is 28.9. The van der Waals surface area contributed by atoms with Crippen molar-refractivity contribution in [3.63, 3.8) is 0 Å². The molecule has 2 saturated heterocycles. The van der Waals surface area contributed by atoms with Crippen molar-refractivity contribution in [3.8, 4) is 0 Å². The van der Waals surface area contributed by atoms with Crippen LogP contribution in [0.4, 0.5) is 22.7 Å². The summed E-state index contributed by atoms with van der Waals surface area (Å²) < 4.78 is 0. The number of carbonyl (C=O) groups is 1. The number of nitrogens with one attached hydrogen (secondary N) is 1. The summed E-state index contributed by atoms with van der Waals surface area (Å²) in [7, 11) is 0. The second kappa shape index (κ2) is 10.9. The van der Waals surface area contributed by atoms with Crippen LogP contribution in [0.2, 0.25) is 0 Å². The number of Topliss-reactive ketones (excluding diaryl/α,β-unsaturated/α-hetero) is 1. The van der Waals surface area contributed by atoms with Gasteiger partial charge in [0.25, 0.3) is 5.69 Å². The third kappa shape index (κ3) is 4.85. The molecule has 1 N–H and O–H groups in total. The third-order valence-corrected chi connectivity index (χ3v) is 10.6. The van der Waals surface area contributed by atoms with E-state index < -0.39 is 6.04 Å². The largest absolute Gasteiger partial charge is 0.373 e. The number of rotatable bonds is 4. The van der Waals surface area contributed by atoms with Crippen molar-refractivity contribution in [3.05, 3.63) is 75.3 Å². The van der Waals surface area contributed by atoms with Crippen molar-refractivity contribution in [2.45, 2.75) is 97.2 Å². The Hall–Kier alpha value is -3.87. The number of nitrogens with zero attached hydrogens (tertiary/aromatic N) is 3. The molecule has 0 bridgehead atoms. The fourth-order valence-corrected chi connectivity index (χ4v) is 8.42. The van der Waals surface area contributed by atoms with E-state index in [1.54, 1.807) is 0 Å². The van der Waals surface area contributed by atoms with Gasteiger partial charge in [0.2, 0.25) is 0 Å². The summed E-state index contributed by atoms with van der Waals surface area (Å²) in [6.07, 6.45) is 7.82. The molecule has 3 aromatic carbocycles. The molecular formula is C37H44N4O3. The summed E-state index contributed by atoms with van der Waals surface area (Å²) in [6, 6.07) is 16.6. The molecule has 7 rings (SSSR count). The van der Waals surface area contributed by atoms with Gasteiger partial charge in [-0.05, 0) is 92.7 Å². The average molecular weight is 593 g/mol. The molecule has 230 valence electrons. The predicted molar refractivity (Wildman–Crippen MR) is 180 cm³/mol. The number of carbonyl (C=O) groups excluding carboxylic acids is 1. The van der Waals surface area contributed by atoms with Crippen LogP contribution < -0.4 is 15.1 Å². The Morgan fingerprint density at radius 3 is 2.25 bits per heavy atom. The monoisotopic (exact) mass is 592 g/mol. The van der Waals surface area contributed by atoms with Crippen molar-refractivity contribution >= 4 is 44.9 Å². The molecule has 0 spiro atoms. The number of fused-ring (bicyclic) bond motifs is 4. The highest BCUT2D eigenvalue weighted by atomic mass is 16.6. The molecule has 0 aromatic heterocycles. The number of nitro benzene ring substituents is 1. The molecule has 0 amide bonds. The van der Waals surface area contributed by atoms with Crippen LogP contribution in [0.25, 0.3) is 16.3 Å². The van der Waals surface area contributed by atoms with E-state index in [1.807, 2.05) is 6.07 Å². The lowest BCUT2D eigenvalue weighted by atomic mass is 9.67. The number of piperidine rings is 2. The van der Waals surface area contributed by atoms with Crippen LogP contribution in [0.5, 0.6) is 0 Å². The molecule has 0 unspecified atom stereocenters. The normalized spacial score (nSPS) is 25.0. The van der Waals surface area contributed by atoms with Gasteiger partial charge in [0.1, 0.15) is 5.69 Å². The summed E-state index contributed by atoms with van der Waals surface area (Å²) in [5.41, 5.74) is 6.54. The Kier molecular flexibility index (Phi) is 7.18. The number of allylic oxidation sites excluding steroid dienone is 1. The molecule has 4 aliphatic rings. The predicted octanol–water partition coefficient (Wildman–Crippen LogP) is 8.82. The van der Waals surface area contributed by atoms with Gasteiger partial charge >= 0.3 is 0 Å². The summed E-state index contributed by atoms with van der Waals surface area (Å²) in [5, 5.41) is 18.9. The fourth-order valence-electron chi connectivity index (χ4n) is 8.42. The number of benzene rings is 3. The standard InChI is InChI=1S/C37H44N4O3/c1-23-11-7-9-17-39(23)30-20-31(40-18-10-8-12-24(40)2)32(41(43)44)19-27(30)36-35-28(21-37(3,4)22-33(35)42)34-26-14-6-5-13-25(26)15-16-29(34)38-36/h5-6,13-16,19-20,23-24,36,38H,7-12,17-18,21-22H2,1-4H3/t23-,24+,36-/m1/s1. The smallest absolute Gasteiger partial charge is 0.293 e. The molecule has 3 aliphatic heterocycles. The number of hydrogen-bond acceptors (Lipinski definition) is 6. The van der Waals surface area contributed by atoms with E-state index in [4.69, 9.17) is 0 Å². The molecule has 0 radical (unpaired) electrons. The van der Waals surface area contributed by atoms with Crippen LogP contribution >= 0.6 is 0 Å². The van der Waals surface area contributed by atoms with Crippen LogP contribution in [0.15, 0.2) is 54.1 Å². The Labute approximate surface area is 260 Å². The molecular weight excluding hydrogens is 548 g/mol. The number of ketones is 1. The maximum Gasteiger partial charge on any atom is 0.293 e. The number of nitro groups is 1. The summed E-state index contributed by atoms with van der Waals surface area (Å²) in [5.74, 6) is 0.140. The van der Waals surface area contributed by atoms with Crippen molar-refractivity contribution in [1.29, 1.82) is 0 Å². The summed E-state index contributed by atoms with van der Waals surface area (Å²) in [6.45, 7) is 10.5. The first-order valence-corrected chi connectivity index (χ1v) is 16.5. The molecule has 7 nitrogen and oxygen atoms in total. The van der Waals surface area contributed by atoms with Crippen LogP contribution in [-0.4, -0.2) is 35.9 Å². The van der Waals surface area contributed by atoms with E-state index in [-0.39, 0.29) is 27.9 Å². The maximum atomic E-state index is 14.2. The van der Waals surface area contributed by atoms with Gasteiger partial charge in [0, 0.05) is 65.7 Å². The first-order valence-electron chi connectivity index (χ1n) is 16.5. The molecule has 1 aliphatic carbocycles. The summed E-state index contributed by atoms with van der Waals surface area (Å²) >= 11 is 0. The van der Waals surface area contributed by atoms with E-state index in [2.05, 4.69) is 85.3 Å². The van der Waals surface area contributed by atoms with E-state index >= 15 is 0 Å². The van der Waals surface area contributed by atoms with E-state index in [1.165, 1.54) is 6.42 Å². The highest BCUT2D eigenvalue weighted by Gasteiger charge is 2.43. The Morgan fingerprint density at radius 1 is 0.886 bits per heavy atom. The van der Waals surface area contributed by atoms with Crippen molar-refractivity contribution in [2.75, 3.05) is 28.2 Å². The Morgan fingerprint density at radius 2 is 1.57 bits per heavy atom. The molecule has 3 aromatic rings. The quantitative estimate of drug-likeness (QED) is 0.241. The van der Waals surface area contributed by atoms with Gasteiger partial charge in [-0.1, -0.05) is 44.2 Å². The van der Waals surface area contributed by atoms with Crippen LogP contribution in [0.3, 0.4) is 0 Å². The van der Waals surface area contributed by atoms with Crippen molar-refractivity contribution in [2.24, 2.45) is 5.41 Å². The van der Waals surface area contributed by atoms with Crippen LogP contribution in [0, 0.1) is 15.5 Å². The number of anilines is 3. The van der Waals surface area contributed by atoms with E-state index in [0.29, 0.717) is 18.2 Å². The minimum atomic E-state index is -0.460. The molecule has 3 atom stereocenters. The van der Waals surface area contributed by atoms with Gasteiger partial charge in [-0.3, -0.25) is 14.9 Å². The van der Waals surface area contributed by atoms with Crippen LogP contribution in [-0.2, 0) is 4.79 Å². The van der Waals surface area contributed by atoms with Gasteiger partial charge < -0.3 is 15.1 Å². The highest BCUT2D eigenvalue weighted by Crippen LogP contribution is 2.54. The van der Waals surface area contributed by atoms with Gasteiger partial charge in [-0.2, -0.15) is 0 Å². The van der Waals surface area contributed by atoms with Crippen molar-refractivity contribution in [1.82, 2.24) is 0 Å². The topological polar surface area (TPSA) is 78.7 Å². The minimum Gasteiger partial charge on any atom is -0.373 e. The minimum absolute atomic E-state index is 0.138. The SMILES string of the molecule is C[C@@H]1CCCCN1c1cc(N2CCCC[C@@H]2C)c([N+](=O)[O-])cc1[C@H]1Nc2ccc3ccccc3c2C2=C1C(=O)CC(C)(C)C2.